The molecule has 3 fully saturated rings. The Hall–Kier alpha value is -2.43. The molecule has 2 saturated heterocycles. The second-order valence-corrected chi connectivity index (χ2v) is 10.2. The van der Waals surface area contributed by atoms with Crippen molar-refractivity contribution in [2.45, 2.75) is 63.5 Å². The van der Waals surface area contributed by atoms with Gasteiger partial charge in [-0.3, -0.25) is 24.0 Å². The van der Waals surface area contributed by atoms with Crippen LogP contribution in [0.25, 0.3) is 0 Å². The summed E-state index contributed by atoms with van der Waals surface area (Å²) in [5.74, 6) is -2.82. The average Bonchev–Trinajstić information content (AvgIpc) is 3.19. The number of ketones is 1. The Morgan fingerprint density at radius 3 is 2.53 bits per heavy atom. The lowest BCUT2D eigenvalue weighted by Crippen LogP contribution is -2.54. The van der Waals surface area contributed by atoms with Gasteiger partial charge in [-0.2, -0.15) is 0 Å². The van der Waals surface area contributed by atoms with Crippen molar-refractivity contribution >= 4 is 37.3 Å². The summed E-state index contributed by atoms with van der Waals surface area (Å²) in [6.45, 7) is 4.35. The minimum absolute atomic E-state index is 0.119. The van der Waals surface area contributed by atoms with E-state index in [0.717, 1.165) is 12.8 Å². The molecule has 2 heterocycles. The van der Waals surface area contributed by atoms with Crippen molar-refractivity contribution in [2.24, 2.45) is 11.3 Å². The number of likely N-dealkylation sites (tertiary alicyclic amines) is 1. The fraction of sp³-hybridized carbons (Fsp3) is 0.762. The molecule has 10 nitrogen and oxygen atoms in total. The predicted molar refractivity (Wildman–Crippen MR) is 117 cm³/mol. The average molecular weight is 448 g/mol. The summed E-state index contributed by atoms with van der Waals surface area (Å²) in [5.41, 5.74) is -0.651. The number of nitrogens with zero attached hydrogens (tertiary/aromatic N) is 1. The van der Waals surface area contributed by atoms with E-state index < -0.39 is 35.3 Å². The minimum atomic E-state index is -0.911. The molecule has 0 bridgehead atoms. The first-order valence-electron chi connectivity index (χ1n) is 11.2. The van der Waals surface area contributed by atoms with E-state index in [1.165, 1.54) is 11.9 Å². The van der Waals surface area contributed by atoms with Gasteiger partial charge in [-0.25, -0.2) is 0 Å². The number of Topliss-reactive ketones (excluding diaryl/α,β-unsaturated/α-hetero) is 1. The number of nitrogens with one attached hydrogen (secondary N) is 3. The zero-order valence-corrected chi connectivity index (χ0v) is 19.3. The van der Waals surface area contributed by atoms with Crippen LogP contribution in [0, 0.1) is 11.3 Å². The first-order valence-corrected chi connectivity index (χ1v) is 11.2. The summed E-state index contributed by atoms with van der Waals surface area (Å²) in [7, 11) is 3.20. The van der Waals surface area contributed by atoms with Gasteiger partial charge in [-0.05, 0) is 51.4 Å². The van der Waals surface area contributed by atoms with Gasteiger partial charge in [-0.1, -0.05) is 0 Å². The number of likely N-dealkylation sites (N-methyl/N-ethyl adjacent to an activating group) is 1. The Kier molecular flexibility index (Phi) is 6.97. The van der Waals surface area contributed by atoms with Crippen LogP contribution in [0.2, 0.25) is 0 Å². The molecule has 176 valence electrons. The van der Waals surface area contributed by atoms with Gasteiger partial charge in [-0.15, -0.1) is 0 Å². The molecule has 3 aliphatic rings. The lowest BCUT2D eigenvalue weighted by atomic mass is 9.85. The van der Waals surface area contributed by atoms with Gasteiger partial charge in [0, 0.05) is 31.6 Å². The Bertz CT molecular complexity index is 807. The smallest absolute Gasteiger partial charge is 0.312 e. The maximum Gasteiger partial charge on any atom is 0.312 e. The van der Waals surface area contributed by atoms with Gasteiger partial charge < -0.3 is 25.6 Å². The van der Waals surface area contributed by atoms with Crippen molar-refractivity contribution in [2.75, 3.05) is 26.7 Å². The monoisotopic (exact) mass is 448 g/mol. The van der Waals surface area contributed by atoms with E-state index in [1.54, 1.807) is 0 Å². The van der Waals surface area contributed by atoms with E-state index in [9.17, 15) is 24.0 Å². The van der Waals surface area contributed by atoms with Crippen molar-refractivity contribution in [3.05, 3.63) is 0 Å². The second kappa shape index (κ2) is 9.21. The Balaban J connectivity index is 1.73. The summed E-state index contributed by atoms with van der Waals surface area (Å²) in [6, 6.07) is -1.73. The zero-order chi connectivity index (χ0) is 23.7. The lowest BCUT2D eigenvalue weighted by molar-refractivity contribution is -0.148. The third kappa shape index (κ3) is 5.68. The molecule has 0 aromatic heterocycles. The minimum Gasteiger partial charge on any atom is -0.377 e. The molecular formula is C21H33BN4O6. The number of rotatable bonds is 8. The summed E-state index contributed by atoms with van der Waals surface area (Å²) >= 11 is 0. The molecule has 0 aromatic rings. The highest BCUT2D eigenvalue weighted by atomic mass is 16.5. The lowest BCUT2D eigenvalue weighted by Gasteiger charge is -2.27. The maximum absolute atomic E-state index is 13.2. The van der Waals surface area contributed by atoms with Gasteiger partial charge in [0.05, 0.1) is 6.04 Å². The van der Waals surface area contributed by atoms with E-state index in [4.69, 9.17) is 4.74 Å². The molecule has 0 aromatic carbocycles. The van der Waals surface area contributed by atoms with Crippen molar-refractivity contribution < 1.29 is 28.7 Å². The highest BCUT2D eigenvalue weighted by Gasteiger charge is 2.56. The molecule has 1 aliphatic carbocycles. The highest BCUT2D eigenvalue weighted by molar-refractivity contribution is 6.35. The van der Waals surface area contributed by atoms with E-state index >= 15 is 0 Å². The van der Waals surface area contributed by atoms with Crippen LogP contribution >= 0.6 is 0 Å². The van der Waals surface area contributed by atoms with E-state index in [2.05, 4.69) is 16.0 Å². The van der Waals surface area contributed by atoms with E-state index in [0.29, 0.717) is 25.9 Å². The number of hydrogen-bond acceptors (Lipinski definition) is 6. The molecule has 3 atom stereocenters. The molecule has 1 saturated carbocycles. The third-order valence-corrected chi connectivity index (χ3v) is 6.49. The predicted octanol–water partition coefficient (Wildman–Crippen LogP) is -1.92. The summed E-state index contributed by atoms with van der Waals surface area (Å²) in [4.78, 5) is 64.0. The van der Waals surface area contributed by atoms with Gasteiger partial charge in [0.2, 0.25) is 11.8 Å². The van der Waals surface area contributed by atoms with Crippen LogP contribution in [0.4, 0.5) is 0 Å². The van der Waals surface area contributed by atoms with Crippen LogP contribution < -0.4 is 16.0 Å². The highest BCUT2D eigenvalue weighted by Crippen LogP contribution is 2.54. The fourth-order valence-electron chi connectivity index (χ4n) is 4.36. The van der Waals surface area contributed by atoms with Gasteiger partial charge >= 0.3 is 11.8 Å². The van der Waals surface area contributed by atoms with Crippen LogP contribution in [0.5, 0.6) is 0 Å². The number of amides is 4. The molecule has 2 aliphatic heterocycles. The molecule has 3 rings (SSSR count). The molecule has 3 N–H and O–H groups in total. The van der Waals surface area contributed by atoms with Crippen LogP contribution in [0.15, 0.2) is 0 Å². The summed E-state index contributed by atoms with van der Waals surface area (Å²) < 4.78 is 5.60. The SMILES string of the molecule is BC(C)(C)OCC(=O)[C@H](C[C@@H]1CCNC1=O)NC(=O)[C@@H]1CC2(CC2)CN1C(=O)C(=O)NC. The molecule has 0 unspecified atom stereocenters. The zero-order valence-electron chi connectivity index (χ0n) is 19.3. The standard InChI is InChI=1S/C21H33BN4O6/c1-20(2,22)32-10-15(27)13(8-12-4-7-24-16(12)28)25-17(29)14-9-21(5-6-21)11-26(14)19(31)18(30)23-3/h12-14H,4-11,22H2,1-3H3,(H,23,30)(H,24,28)(H,25,29)/t12-,13-,14-/m0/s1. The van der Waals surface area contributed by atoms with Crippen molar-refractivity contribution in [3.8, 4) is 0 Å². The largest absolute Gasteiger partial charge is 0.377 e. The summed E-state index contributed by atoms with van der Waals surface area (Å²) in [5, 5.41) is 7.84. The summed E-state index contributed by atoms with van der Waals surface area (Å²) in [6.07, 6.45) is 3.03. The van der Waals surface area contributed by atoms with E-state index in [-0.39, 0.29) is 36.1 Å². The van der Waals surface area contributed by atoms with Crippen molar-refractivity contribution in [3.63, 3.8) is 0 Å². The van der Waals surface area contributed by atoms with Crippen LogP contribution in [0.1, 0.15) is 46.0 Å². The van der Waals surface area contributed by atoms with E-state index in [1.807, 2.05) is 21.7 Å². The molecule has 4 amide bonds. The number of carbonyl (C=O) groups excluding carboxylic acids is 5. The number of ether oxygens (including phenoxy) is 1. The first kappa shape index (κ1) is 24.2. The Morgan fingerprint density at radius 1 is 1.31 bits per heavy atom. The van der Waals surface area contributed by atoms with Crippen LogP contribution in [-0.2, 0) is 28.7 Å². The van der Waals surface area contributed by atoms with Crippen molar-refractivity contribution in [1.29, 1.82) is 0 Å². The molecule has 11 heteroatoms. The third-order valence-electron chi connectivity index (χ3n) is 6.49. The number of hydrogen-bond donors (Lipinski definition) is 3. The normalized spacial score (nSPS) is 24.7. The van der Waals surface area contributed by atoms with Crippen LogP contribution in [-0.4, -0.2) is 86.5 Å². The fourth-order valence-corrected chi connectivity index (χ4v) is 4.36. The second-order valence-electron chi connectivity index (χ2n) is 10.2. The Labute approximate surface area is 189 Å². The number of carbonyl (C=O) groups is 5. The molecule has 1 spiro atoms. The topological polar surface area (TPSA) is 134 Å². The van der Waals surface area contributed by atoms with Crippen LogP contribution in [0.3, 0.4) is 0 Å². The first-order chi connectivity index (χ1) is 14.9. The van der Waals surface area contributed by atoms with Gasteiger partial charge in [0.15, 0.2) is 5.78 Å². The molecular weight excluding hydrogens is 415 g/mol. The van der Waals surface area contributed by atoms with Gasteiger partial charge in [0.25, 0.3) is 0 Å². The van der Waals surface area contributed by atoms with Crippen molar-refractivity contribution in [1.82, 2.24) is 20.9 Å². The molecule has 0 radical (unpaired) electrons. The Morgan fingerprint density at radius 2 is 2.00 bits per heavy atom. The van der Waals surface area contributed by atoms with Gasteiger partial charge in [0.1, 0.15) is 20.5 Å². The quantitative estimate of drug-likeness (QED) is 0.293. The maximum atomic E-state index is 13.2. The molecule has 32 heavy (non-hydrogen) atoms.